The lowest BCUT2D eigenvalue weighted by Crippen LogP contribution is -2.13. The maximum absolute atomic E-state index is 14.6. The molecule has 2 N–H and O–H groups in total. The first-order valence-corrected chi connectivity index (χ1v) is 13.5. The Morgan fingerprint density at radius 1 is 1.15 bits per heavy atom. The highest BCUT2D eigenvalue weighted by atomic mass is 32.1. The molecule has 8 nitrogen and oxygen atoms in total. The lowest BCUT2D eigenvalue weighted by atomic mass is 10.0. The lowest BCUT2D eigenvalue weighted by molar-refractivity contribution is -0.135. The van der Waals surface area contributed by atoms with Crippen LogP contribution in [0, 0.1) is 17.6 Å². The summed E-state index contributed by atoms with van der Waals surface area (Å²) in [5.74, 6) is -3.88. The molecule has 1 aromatic heterocycles. The van der Waals surface area contributed by atoms with Crippen molar-refractivity contribution in [2.24, 2.45) is 5.92 Å². The summed E-state index contributed by atoms with van der Waals surface area (Å²) in [7, 11) is 2.65. The van der Waals surface area contributed by atoms with Gasteiger partial charge in [0.25, 0.3) is 5.91 Å². The van der Waals surface area contributed by atoms with Gasteiger partial charge in [0.05, 0.1) is 19.9 Å². The second-order valence-electron chi connectivity index (χ2n) is 9.26. The van der Waals surface area contributed by atoms with Gasteiger partial charge in [-0.3, -0.25) is 10.1 Å². The van der Waals surface area contributed by atoms with Crippen LogP contribution < -0.4 is 10.1 Å². The molecule has 3 aromatic rings. The number of carbonyl (C=O) groups is 2. The van der Waals surface area contributed by atoms with E-state index in [9.17, 15) is 18.4 Å². The molecule has 1 heterocycles. The number of benzene rings is 2. The summed E-state index contributed by atoms with van der Waals surface area (Å²) >= 11 is 1.15. The number of carboxylic acid groups (broad SMARTS) is 1. The summed E-state index contributed by atoms with van der Waals surface area (Å²) in [4.78, 5) is 28.3. The van der Waals surface area contributed by atoms with Crippen molar-refractivity contribution in [3.05, 3.63) is 69.8 Å². The van der Waals surface area contributed by atoms with Gasteiger partial charge in [-0.05, 0) is 48.9 Å². The predicted octanol–water partition coefficient (Wildman–Crippen LogP) is 6.42. The summed E-state index contributed by atoms with van der Waals surface area (Å²) < 4.78 is 45.1. The molecular weight excluding hydrogens is 542 g/mol. The molecule has 0 radical (unpaired) electrons. The van der Waals surface area contributed by atoms with Crippen LogP contribution in [0.5, 0.6) is 5.75 Å². The monoisotopic (exact) mass is 574 g/mol. The van der Waals surface area contributed by atoms with E-state index in [0.717, 1.165) is 67.6 Å². The number of amides is 1. The summed E-state index contributed by atoms with van der Waals surface area (Å²) in [6, 6.07) is 7.38. The average Bonchev–Trinajstić information content (AvgIpc) is 3.37. The van der Waals surface area contributed by atoms with Gasteiger partial charge in [-0.2, -0.15) is 0 Å². The average molecular weight is 575 g/mol. The summed E-state index contributed by atoms with van der Waals surface area (Å²) in [6.07, 6.45) is 3.33. The first kappa shape index (κ1) is 30.7. The molecule has 0 aliphatic heterocycles. The van der Waals surface area contributed by atoms with Crippen molar-refractivity contribution in [2.75, 3.05) is 32.8 Å². The Balaban J connectivity index is 1.72. The summed E-state index contributed by atoms with van der Waals surface area (Å²) in [6.45, 7) is 5.71. The van der Waals surface area contributed by atoms with E-state index in [4.69, 9.17) is 14.6 Å². The van der Waals surface area contributed by atoms with Crippen molar-refractivity contribution in [1.82, 2.24) is 4.98 Å². The van der Waals surface area contributed by atoms with E-state index in [1.54, 1.807) is 12.5 Å². The zero-order chi connectivity index (χ0) is 29.2. The molecule has 0 aliphatic rings. The number of nitrogens with zero attached hydrogens (tertiary/aromatic N) is 1. The van der Waals surface area contributed by atoms with Gasteiger partial charge >= 0.3 is 5.97 Å². The van der Waals surface area contributed by atoms with Crippen molar-refractivity contribution in [2.45, 2.75) is 33.1 Å². The van der Waals surface area contributed by atoms with Crippen molar-refractivity contribution in [3.8, 4) is 17.0 Å². The Kier molecular flexibility index (Phi) is 11.2. The minimum absolute atomic E-state index is 0.225. The highest BCUT2D eigenvalue weighted by molar-refractivity contribution is 7.14. The maximum atomic E-state index is 14.6. The molecule has 0 aliphatic carbocycles. The summed E-state index contributed by atoms with van der Waals surface area (Å²) in [5.41, 5.74) is 1.39. The molecule has 11 heteroatoms. The molecule has 40 heavy (non-hydrogen) atoms. The highest BCUT2D eigenvalue weighted by Crippen LogP contribution is 2.35. The third-order valence-corrected chi connectivity index (χ3v) is 6.68. The topological polar surface area (TPSA) is 107 Å². The number of hydrogen-bond acceptors (Lipinski definition) is 7. The third kappa shape index (κ3) is 8.09. The number of rotatable bonds is 14. The fraction of sp³-hybridized carbons (Fsp3) is 0.345. The van der Waals surface area contributed by atoms with E-state index < -0.39 is 34.8 Å². The van der Waals surface area contributed by atoms with Gasteiger partial charge < -0.3 is 19.3 Å². The van der Waals surface area contributed by atoms with Crippen molar-refractivity contribution in [1.29, 1.82) is 0 Å². The number of aliphatic carboxylic acids is 1. The van der Waals surface area contributed by atoms with E-state index in [-0.39, 0.29) is 10.7 Å². The summed E-state index contributed by atoms with van der Waals surface area (Å²) in [5, 5.41) is 13.5. The molecule has 0 saturated heterocycles. The van der Waals surface area contributed by atoms with Crippen molar-refractivity contribution >= 4 is 34.4 Å². The van der Waals surface area contributed by atoms with Crippen LogP contribution in [0.25, 0.3) is 17.3 Å². The first-order valence-electron chi connectivity index (χ1n) is 12.6. The van der Waals surface area contributed by atoms with Gasteiger partial charge in [0.2, 0.25) is 5.76 Å². The number of carboxylic acids is 1. The van der Waals surface area contributed by atoms with Crippen LogP contribution in [0.1, 0.15) is 48.2 Å². The molecule has 214 valence electrons. The van der Waals surface area contributed by atoms with Gasteiger partial charge in [0.15, 0.2) is 5.13 Å². The molecule has 0 fully saturated rings. The smallest absolute Gasteiger partial charge is 0.371 e. The number of thiazole rings is 1. The number of halogens is 2. The number of aromatic nitrogens is 1. The van der Waals surface area contributed by atoms with Gasteiger partial charge in [0.1, 0.15) is 17.4 Å². The van der Waals surface area contributed by atoms with E-state index in [2.05, 4.69) is 28.9 Å². The van der Waals surface area contributed by atoms with Crippen LogP contribution >= 0.6 is 11.3 Å². The molecule has 0 spiro atoms. The Bertz CT molecular complexity index is 1350. The van der Waals surface area contributed by atoms with Gasteiger partial charge in [-0.25, -0.2) is 18.6 Å². The molecular formula is C29H32F2N2O6S. The first-order chi connectivity index (χ1) is 19.1. The Morgan fingerprint density at radius 2 is 1.88 bits per heavy atom. The third-order valence-electron chi connectivity index (χ3n) is 5.92. The number of aryl methyl sites for hydroxylation is 1. The minimum atomic E-state index is -1.49. The number of anilines is 1. The van der Waals surface area contributed by atoms with Gasteiger partial charge in [0, 0.05) is 41.4 Å². The normalized spacial score (nSPS) is 11.5. The van der Waals surface area contributed by atoms with Crippen LogP contribution in [-0.4, -0.2) is 49.4 Å². The van der Waals surface area contributed by atoms with Gasteiger partial charge in [-0.15, -0.1) is 11.3 Å². The van der Waals surface area contributed by atoms with Crippen LogP contribution in [0.15, 0.2) is 41.5 Å². The fourth-order valence-electron chi connectivity index (χ4n) is 3.83. The maximum Gasteiger partial charge on any atom is 0.371 e. The highest BCUT2D eigenvalue weighted by Gasteiger charge is 2.19. The standard InChI is InChI=1S/C29H32F2N2O6S/c1-17(2)10-12-39-11-6-8-18-7-5-9-20(26(18)38-4)24-16-40-29(32-24)33-27(34)19-13-22(30)21(23(31)14-19)15-25(37-3)28(35)36/h5,7,9,13-17H,6,8,10-12H2,1-4H3,(H,35,36)(H,32,33,34). The van der Waals surface area contributed by atoms with Crippen LogP contribution in [0.3, 0.4) is 0 Å². The van der Waals surface area contributed by atoms with Crippen LogP contribution in [0.2, 0.25) is 0 Å². The number of para-hydroxylation sites is 1. The van der Waals surface area contributed by atoms with E-state index in [0.29, 0.717) is 30.0 Å². The zero-order valence-corrected chi connectivity index (χ0v) is 23.6. The largest absolute Gasteiger partial charge is 0.496 e. The molecule has 1 amide bonds. The van der Waals surface area contributed by atoms with Crippen molar-refractivity contribution < 1.29 is 37.7 Å². The molecule has 0 saturated carbocycles. The second-order valence-corrected chi connectivity index (χ2v) is 10.1. The molecule has 2 aromatic carbocycles. The lowest BCUT2D eigenvalue weighted by Gasteiger charge is -2.13. The van der Waals surface area contributed by atoms with Crippen molar-refractivity contribution in [3.63, 3.8) is 0 Å². The quantitative estimate of drug-likeness (QED) is 0.130. The molecule has 0 bridgehead atoms. The number of ether oxygens (including phenoxy) is 3. The number of nitrogens with one attached hydrogen (secondary N) is 1. The van der Waals surface area contributed by atoms with Crippen LogP contribution in [-0.2, 0) is 20.7 Å². The number of methoxy groups -OCH3 is 2. The number of carbonyl (C=O) groups excluding carboxylic acids is 1. The Morgan fingerprint density at radius 3 is 2.50 bits per heavy atom. The Hall–Kier alpha value is -3.83. The second kappa shape index (κ2) is 14.5. The van der Waals surface area contributed by atoms with E-state index in [1.165, 1.54) is 0 Å². The minimum Gasteiger partial charge on any atom is -0.496 e. The SMILES string of the molecule is COC(=Cc1c(F)cc(C(=O)Nc2nc(-c3cccc(CCCOCCC(C)C)c3OC)cs2)cc1F)C(=O)O. The number of hydrogen-bond donors (Lipinski definition) is 2. The fourth-order valence-corrected chi connectivity index (χ4v) is 4.53. The predicted molar refractivity (Wildman–Crippen MR) is 150 cm³/mol. The Labute approximate surface area is 235 Å². The van der Waals surface area contributed by atoms with E-state index in [1.807, 2.05) is 18.2 Å². The van der Waals surface area contributed by atoms with Gasteiger partial charge in [-0.1, -0.05) is 26.0 Å². The molecule has 3 rings (SSSR count). The molecule has 0 atom stereocenters. The van der Waals surface area contributed by atoms with Crippen LogP contribution in [0.4, 0.5) is 13.9 Å². The van der Waals surface area contributed by atoms with E-state index >= 15 is 0 Å². The zero-order valence-electron chi connectivity index (χ0n) is 22.8. The molecule has 0 unspecified atom stereocenters.